The third-order valence-electron chi connectivity index (χ3n) is 3.60. The quantitative estimate of drug-likeness (QED) is 0.847. The van der Waals surface area contributed by atoms with Crippen molar-refractivity contribution in [1.29, 1.82) is 0 Å². The summed E-state index contributed by atoms with van der Waals surface area (Å²) in [6, 6.07) is 0. The van der Waals surface area contributed by atoms with Crippen LogP contribution < -0.4 is 10.6 Å². The highest BCUT2D eigenvalue weighted by Gasteiger charge is 2.29. The zero-order valence-corrected chi connectivity index (χ0v) is 11.2. The van der Waals surface area contributed by atoms with E-state index in [2.05, 4.69) is 21.8 Å². The molecular weight excluding hydrogens is 228 g/mol. The predicted octanol–water partition coefficient (Wildman–Crippen LogP) is 1.36. The number of rotatable bonds is 3. The summed E-state index contributed by atoms with van der Waals surface area (Å²) in [4.78, 5) is 10.7. The van der Waals surface area contributed by atoms with Crippen molar-refractivity contribution in [1.82, 2.24) is 9.97 Å². The Bertz CT molecular complexity index is 409. The number of piperidine rings is 1. The topological polar surface area (TPSA) is 75.3 Å². The van der Waals surface area contributed by atoms with Gasteiger partial charge in [0.05, 0.1) is 5.60 Å². The van der Waals surface area contributed by atoms with E-state index >= 15 is 0 Å². The van der Waals surface area contributed by atoms with Gasteiger partial charge in [0.1, 0.15) is 18.0 Å². The van der Waals surface area contributed by atoms with Crippen LogP contribution in [0.1, 0.15) is 38.7 Å². The van der Waals surface area contributed by atoms with Crippen LogP contribution in [0, 0.1) is 0 Å². The van der Waals surface area contributed by atoms with E-state index in [1.165, 1.54) is 6.33 Å². The standard InChI is InChI=1S/C13H22N4O/c1-3-4-10-11(14)15-9-16-12(10)17-7-5-13(2,18)6-8-17/h9,18H,3-8H2,1-2H3,(H2,14,15,16). The van der Waals surface area contributed by atoms with Gasteiger partial charge in [0.15, 0.2) is 0 Å². The maximum Gasteiger partial charge on any atom is 0.137 e. The van der Waals surface area contributed by atoms with E-state index < -0.39 is 5.60 Å². The molecule has 0 radical (unpaired) electrons. The normalized spacial score (nSPS) is 18.9. The lowest BCUT2D eigenvalue weighted by molar-refractivity contribution is 0.0350. The molecule has 1 aromatic rings. The molecule has 1 aliphatic rings. The van der Waals surface area contributed by atoms with Crippen molar-refractivity contribution in [3.63, 3.8) is 0 Å². The van der Waals surface area contributed by atoms with Gasteiger partial charge in [-0.3, -0.25) is 0 Å². The van der Waals surface area contributed by atoms with Gasteiger partial charge in [0.25, 0.3) is 0 Å². The number of nitrogen functional groups attached to an aromatic ring is 1. The van der Waals surface area contributed by atoms with Gasteiger partial charge in [-0.15, -0.1) is 0 Å². The molecule has 5 heteroatoms. The van der Waals surface area contributed by atoms with Crippen molar-refractivity contribution in [2.75, 3.05) is 23.7 Å². The average Bonchev–Trinajstić information content (AvgIpc) is 2.32. The van der Waals surface area contributed by atoms with Gasteiger partial charge in [-0.05, 0) is 26.2 Å². The van der Waals surface area contributed by atoms with Crippen molar-refractivity contribution >= 4 is 11.6 Å². The summed E-state index contributed by atoms with van der Waals surface area (Å²) in [5.74, 6) is 1.53. The maximum absolute atomic E-state index is 9.98. The van der Waals surface area contributed by atoms with Gasteiger partial charge in [-0.25, -0.2) is 9.97 Å². The van der Waals surface area contributed by atoms with Crippen LogP contribution in [-0.4, -0.2) is 33.8 Å². The molecular formula is C13H22N4O. The molecule has 0 spiro atoms. The van der Waals surface area contributed by atoms with Crippen LogP contribution in [0.4, 0.5) is 11.6 Å². The molecule has 5 nitrogen and oxygen atoms in total. The molecule has 2 rings (SSSR count). The van der Waals surface area contributed by atoms with Crippen LogP contribution in [0.25, 0.3) is 0 Å². The van der Waals surface area contributed by atoms with Crippen molar-refractivity contribution in [2.24, 2.45) is 0 Å². The van der Waals surface area contributed by atoms with Gasteiger partial charge in [0.2, 0.25) is 0 Å². The lowest BCUT2D eigenvalue weighted by Crippen LogP contribution is -2.43. The molecule has 100 valence electrons. The van der Waals surface area contributed by atoms with Gasteiger partial charge in [-0.1, -0.05) is 13.3 Å². The number of anilines is 2. The van der Waals surface area contributed by atoms with Crippen molar-refractivity contribution < 1.29 is 5.11 Å². The fourth-order valence-corrected chi connectivity index (χ4v) is 2.38. The molecule has 3 N–H and O–H groups in total. The Morgan fingerprint density at radius 1 is 1.39 bits per heavy atom. The van der Waals surface area contributed by atoms with Crippen molar-refractivity contribution in [3.05, 3.63) is 11.9 Å². The lowest BCUT2D eigenvalue weighted by Gasteiger charge is -2.37. The number of hydrogen-bond acceptors (Lipinski definition) is 5. The molecule has 1 fully saturated rings. The first kappa shape index (κ1) is 13.1. The summed E-state index contributed by atoms with van der Waals surface area (Å²) in [7, 11) is 0. The Morgan fingerprint density at radius 3 is 2.67 bits per heavy atom. The van der Waals surface area contributed by atoms with Crippen LogP contribution in [0.15, 0.2) is 6.33 Å². The molecule has 1 aromatic heterocycles. The molecule has 0 aliphatic carbocycles. The molecule has 0 aromatic carbocycles. The Kier molecular flexibility index (Phi) is 3.71. The minimum absolute atomic E-state index is 0.542. The smallest absolute Gasteiger partial charge is 0.137 e. The third kappa shape index (κ3) is 2.72. The first-order valence-electron chi connectivity index (χ1n) is 6.60. The van der Waals surface area contributed by atoms with Crippen LogP contribution in [0.5, 0.6) is 0 Å². The number of aromatic nitrogens is 2. The molecule has 0 bridgehead atoms. The summed E-state index contributed by atoms with van der Waals surface area (Å²) in [5.41, 5.74) is 6.44. The van der Waals surface area contributed by atoms with Gasteiger partial charge >= 0.3 is 0 Å². The fraction of sp³-hybridized carbons (Fsp3) is 0.692. The van der Waals surface area contributed by atoms with Crippen molar-refractivity contribution in [3.8, 4) is 0 Å². The molecule has 0 amide bonds. The highest BCUT2D eigenvalue weighted by molar-refractivity contribution is 5.56. The second kappa shape index (κ2) is 5.10. The Morgan fingerprint density at radius 2 is 2.06 bits per heavy atom. The second-order valence-corrected chi connectivity index (χ2v) is 5.30. The van der Waals surface area contributed by atoms with E-state index in [-0.39, 0.29) is 0 Å². The average molecular weight is 250 g/mol. The maximum atomic E-state index is 9.98. The van der Waals surface area contributed by atoms with Gasteiger partial charge in [0, 0.05) is 18.7 Å². The fourth-order valence-electron chi connectivity index (χ4n) is 2.38. The Balaban J connectivity index is 2.21. The molecule has 2 heterocycles. The van der Waals surface area contributed by atoms with Crippen LogP contribution in [0.3, 0.4) is 0 Å². The largest absolute Gasteiger partial charge is 0.390 e. The van der Waals surface area contributed by atoms with Crippen LogP contribution in [-0.2, 0) is 6.42 Å². The summed E-state index contributed by atoms with van der Waals surface area (Å²) in [6.45, 7) is 5.66. The molecule has 0 saturated carbocycles. The summed E-state index contributed by atoms with van der Waals surface area (Å²) >= 11 is 0. The minimum Gasteiger partial charge on any atom is -0.390 e. The van der Waals surface area contributed by atoms with Crippen molar-refractivity contribution in [2.45, 2.75) is 45.1 Å². The zero-order chi connectivity index (χ0) is 13.2. The van der Waals surface area contributed by atoms with E-state index in [0.717, 1.165) is 50.2 Å². The molecule has 0 atom stereocenters. The highest BCUT2D eigenvalue weighted by Crippen LogP contribution is 2.28. The first-order chi connectivity index (χ1) is 8.53. The highest BCUT2D eigenvalue weighted by atomic mass is 16.3. The molecule has 18 heavy (non-hydrogen) atoms. The first-order valence-corrected chi connectivity index (χ1v) is 6.60. The monoisotopic (exact) mass is 250 g/mol. The van der Waals surface area contributed by atoms with Gasteiger partial charge < -0.3 is 15.7 Å². The van der Waals surface area contributed by atoms with E-state index in [1.807, 2.05) is 6.92 Å². The predicted molar refractivity (Wildman–Crippen MR) is 72.5 cm³/mol. The number of hydrogen-bond donors (Lipinski definition) is 2. The van der Waals surface area contributed by atoms with Gasteiger partial charge in [-0.2, -0.15) is 0 Å². The lowest BCUT2D eigenvalue weighted by atomic mass is 9.93. The van der Waals surface area contributed by atoms with Crippen LogP contribution >= 0.6 is 0 Å². The number of nitrogens with two attached hydrogens (primary N) is 1. The van der Waals surface area contributed by atoms with E-state index in [4.69, 9.17) is 5.73 Å². The zero-order valence-electron chi connectivity index (χ0n) is 11.2. The molecule has 0 unspecified atom stereocenters. The third-order valence-corrected chi connectivity index (χ3v) is 3.60. The minimum atomic E-state index is -0.542. The van der Waals surface area contributed by atoms with E-state index in [1.54, 1.807) is 0 Å². The van der Waals surface area contributed by atoms with Crippen LogP contribution in [0.2, 0.25) is 0 Å². The Labute approximate surface area is 108 Å². The molecule has 1 saturated heterocycles. The van der Waals surface area contributed by atoms with E-state index in [0.29, 0.717) is 5.82 Å². The number of aliphatic hydroxyl groups is 1. The molecule has 1 aliphatic heterocycles. The van der Waals surface area contributed by atoms with E-state index in [9.17, 15) is 5.11 Å². The number of nitrogens with zero attached hydrogens (tertiary/aromatic N) is 3. The summed E-state index contributed by atoms with van der Waals surface area (Å²) in [6.07, 6.45) is 4.98. The Hall–Kier alpha value is -1.36. The summed E-state index contributed by atoms with van der Waals surface area (Å²) in [5, 5.41) is 9.98. The SMILES string of the molecule is CCCc1c(N)ncnc1N1CCC(C)(O)CC1. The second-order valence-electron chi connectivity index (χ2n) is 5.30. The summed E-state index contributed by atoms with van der Waals surface area (Å²) < 4.78 is 0.